The zero-order chi connectivity index (χ0) is 13.2. The van der Waals surface area contributed by atoms with Gasteiger partial charge in [0.15, 0.2) is 0 Å². The van der Waals surface area contributed by atoms with Crippen LogP contribution in [0.4, 0.5) is 5.69 Å². The van der Waals surface area contributed by atoms with Crippen molar-refractivity contribution < 1.29 is 9.53 Å². The highest BCUT2D eigenvalue weighted by Gasteiger charge is 2.32. The second-order valence-corrected chi connectivity index (χ2v) is 4.75. The minimum absolute atomic E-state index is 0.154. The lowest BCUT2D eigenvalue weighted by Gasteiger charge is -2.26. The van der Waals surface area contributed by atoms with Gasteiger partial charge < -0.3 is 9.64 Å². The van der Waals surface area contributed by atoms with Crippen molar-refractivity contribution in [3.8, 4) is 0 Å². The van der Waals surface area contributed by atoms with Crippen molar-refractivity contribution in [3.05, 3.63) is 36.7 Å². The molecule has 0 radical (unpaired) electrons. The molecule has 0 amide bonds. The fourth-order valence-corrected chi connectivity index (χ4v) is 2.78. The van der Waals surface area contributed by atoms with E-state index < -0.39 is 0 Å². The highest BCUT2D eigenvalue weighted by molar-refractivity contribution is 5.95. The SMILES string of the molecule is COC(=O)C1CCCN1c1cccc2ccncc12. The first kappa shape index (κ1) is 12.0. The van der Waals surface area contributed by atoms with E-state index in [0.29, 0.717) is 0 Å². The highest BCUT2D eigenvalue weighted by Crippen LogP contribution is 2.32. The quantitative estimate of drug-likeness (QED) is 0.774. The number of fused-ring (bicyclic) bond motifs is 1. The molecule has 1 aliphatic heterocycles. The summed E-state index contributed by atoms with van der Waals surface area (Å²) >= 11 is 0. The zero-order valence-electron chi connectivity index (χ0n) is 10.9. The summed E-state index contributed by atoms with van der Waals surface area (Å²) in [5, 5.41) is 2.23. The number of carbonyl (C=O) groups is 1. The molecule has 3 rings (SSSR count). The van der Waals surface area contributed by atoms with Gasteiger partial charge in [0.1, 0.15) is 6.04 Å². The van der Waals surface area contributed by atoms with Crippen LogP contribution in [-0.2, 0) is 9.53 Å². The molecule has 1 saturated heterocycles. The van der Waals surface area contributed by atoms with Gasteiger partial charge in [-0.05, 0) is 30.4 Å². The number of nitrogens with zero attached hydrogens (tertiary/aromatic N) is 2. The topological polar surface area (TPSA) is 42.4 Å². The molecule has 0 spiro atoms. The number of hydrogen-bond donors (Lipinski definition) is 0. The Morgan fingerprint density at radius 2 is 2.32 bits per heavy atom. The molecule has 1 fully saturated rings. The van der Waals surface area contributed by atoms with Crippen LogP contribution in [0, 0.1) is 0 Å². The van der Waals surface area contributed by atoms with Gasteiger partial charge in [-0.15, -0.1) is 0 Å². The van der Waals surface area contributed by atoms with Gasteiger partial charge in [0.25, 0.3) is 0 Å². The Bertz CT molecular complexity index is 607. The van der Waals surface area contributed by atoms with Crippen LogP contribution in [0.3, 0.4) is 0 Å². The van der Waals surface area contributed by atoms with E-state index in [-0.39, 0.29) is 12.0 Å². The molecule has 1 aromatic carbocycles. The maximum Gasteiger partial charge on any atom is 0.328 e. The summed E-state index contributed by atoms with van der Waals surface area (Å²) in [5.74, 6) is -0.154. The number of rotatable bonds is 2. The second-order valence-electron chi connectivity index (χ2n) is 4.75. The predicted octanol–water partition coefficient (Wildman–Crippen LogP) is 2.38. The van der Waals surface area contributed by atoms with Gasteiger partial charge in [-0.1, -0.05) is 12.1 Å². The lowest BCUT2D eigenvalue weighted by molar-refractivity contribution is -0.141. The van der Waals surface area contributed by atoms with E-state index in [1.165, 1.54) is 7.11 Å². The van der Waals surface area contributed by atoms with Gasteiger partial charge >= 0.3 is 5.97 Å². The van der Waals surface area contributed by atoms with E-state index in [9.17, 15) is 4.79 Å². The lowest BCUT2D eigenvalue weighted by atomic mass is 10.1. The molecule has 4 nitrogen and oxygen atoms in total. The minimum Gasteiger partial charge on any atom is -0.467 e. The summed E-state index contributed by atoms with van der Waals surface area (Å²) < 4.78 is 4.90. The summed E-state index contributed by atoms with van der Waals surface area (Å²) in [5.41, 5.74) is 1.07. The van der Waals surface area contributed by atoms with Crippen LogP contribution < -0.4 is 4.90 Å². The molecular formula is C15H16N2O2. The van der Waals surface area contributed by atoms with E-state index >= 15 is 0 Å². The third kappa shape index (κ3) is 2.03. The van der Waals surface area contributed by atoms with Crippen LogP contribution in [-0.4, -0.2) is 30.6 Å². The number of methoxy groups -OCH3 is 1. The molecule has 0 bridgehead atoms. The van der Waals surface area contributed by atoms with Gasteiger partial charge in [0.05, 0.1) is 7.11 Å². The smallest absolute Gasteiger partial charge is 0.328 e. The third-order valence-corrected chi connectivity index (χ3v) is 3.70. The number of benzene rings is 1. The minimum atomic E-state index is -0.171. The van der Waals surface area contributed by atoms with Gasteiger partial charge in [-0.25, -0.2) is 4.79 Å². The molecule has 1 aliphatic rings. The molecule has 19 heavy (non-hydrogen) atoms. The standard InChI is InChI=1S/C15H16N2O2/c1-19-15(18)14-6-3-9-17(14)13-5-2-4-11-7-8-16-10-12(11)13/h2,4-5,7-8,10,14H,3,6,9H2,1H3. The molecule has 2 heterocycles. The molecule has 0 aliphatic carbocycles. The van der Waals surface area contributed by atoms with Crippen molar-refractivity contribution >= 4 is 22.4 Å². The first-order valence-corrected chi connectivity index (χ1v) is 6.48. The van der Waals surface area contributed by atoms with Crippen LogP contribution in [0.1, 0.15) is 12.8 Å². The zero-order valence-corrected chi connectivity index (χ0v) is 10.9. The average molecular weight is 256 g/mol. The first-order valence-electron chi connectivity index (χ1n) is 6.48. The summed E-state index contributed by atoms with van der Waals surface area (Å²) in [6.07, 6.45) is 5.50. The molecule has 4 heteroatoms. The number of ether oxygens (including phenoxy) is 1. The summed E-state index contributed by atoms with van der Waals surface area (Å²) in [6, 6.07) is 7.94. The van der Waals surface area contributed by atoms with Crippen LogP contribution in [0.5, 0.6) is 0 Å². The summed E-state index contributed by atoms with van der Waals surface area (Å²) in [6.45, 7) is 0.883. The normalized spacial score (nSPS) is 18.8. The Labute approximate surface area is 112 Å². The van der Waals surface area contributed by atoms with Crippen LogP contribution in [0.25, 0.3) is 10.8 Å². The van der Waals surface area contributed by atoms with Crippen molar-refractivity contribution in [2.45, 2.75) is 18.9 Å². The molecule has 1 unspecified atom stereocenters. The predicted molar refractivity (Wildman–Crippen MR) is 74.1 cm³/mol. The fourth-order valence-electron chi connectivity index (χ4n) is 2.78. The van der Waals surface area contributed by atoms with Crippen molar-refractivity contribution in [2.24, 2.45) is 0 Å². The van der Waals surface area contributed by atoms with E-state index in [1.54, 1.807) is 6.20 Å². The second kappa shape index (κ2) is 4.88. The van der Waals surface area contributed by atoms with E-state index in [2.05, 4.69) is 16.0 Å². The van der Waals surface area contributed by atoms with Crippen molar-refractivity contribution in [1.82, 2.24) is 4.98 Å². The Kier molecular flexibility index (Phi) is 3.07. The van der Waals surface area contributed by atoms with Gasteiger partial charge in [-0.3, -0.25) is 4.98 Å². The van der Waals surface area contributed by atoms with Crippen molar-refractivity contribution in [3.63, 3.8) is 0 Å². The molecule has 0 N–H and O–H groups in total. The maximum absolute atomic E-state index is 11.9. The van der Waals surface area contributed by atoms with Gasteiger partial charge in [0.2, 0.25) is 0 Å². The summed E-state index contributed by atoms with van der Waals surface area (Å²) in [7, 11) is 1.45. The van der Waals surface area contributed by atoms with E-state index in [4.69, 9.17) is 4.74 Å². The Balaban J connectivity index is 2.06. The molecule has 1 aromatic heterocycles. The monoisotopic (exact) mass is 256 g/mol. The van der Waals surface area contributed by atoms with Crippen LogP contribution >= 0.6 is 0 Å². The Morgan fingerprint density at radius 3 is 3.16 bits per heavy atom. The largest absolute Gasteiger partial charge is 0.467 e. The third-order valence-electron chi connectivity index (χ3n) is 3.70. The molecule has 2 aromatic rings. The first-order chi connectivity index (χ1) is 9.31. The van der Waals surface area contributed by atoms with E-state index in [0.717, 1.165) is 35.8 Å². The van der Waals surface area contributed by atoms with Crippen molar-refractivity contribution in [2.75, 3.05) is 18.6 Å². The number of anilines is 1. The number of hydrogen-bond acceptors (Lipinski definition) is 4. The summed E-state index contributed by atoms with van der Waals surface area (Å²) in [4.78, 5) is 18.2. The Hall–Kier alpha value is -2.10. The highest BCUT2D eigenvalue weighted by atomic mass is 16.5. The Morgan fingerprint density at radius 1 is 1.42 bits per heavy atom. The number of esters is 1. The van der Waals surface area contributed by atoms with Crippen LogP contribution in [0.15, 0.2) is 36.7 Å². The van der Waals surface area contributed by atoms with Gasteiger partial charge in [0, 0.05) is 30.0 Å². The number of pyridine rings is 1. The lowest BCUT2D eigenvalue weighted by Crippen LogP contribution is -2.36. The van der Waals surface area contributed by atoms with E-state index in [1.807, 2.05) is 24.4 Å². The number of aromatic nitrogens is 1. The molecular weight excluding hydrogens is 240 g/mol. The van der Waals surface area contributed by atoms with Crippen LogP contribution in [0.2, 0.25) is 0 Å². The molecule has 0 saturated carbocycles. The number of carbonyl (C=O) groups excluding carboxylic acids is 1. The van der Waals surface area contributed by atoms with Crippen molar-refractivity contribution in [1.29, 1.82) is 0 Å². The molecule has 98 valence electrons. The molecule has 1 atom stereocenters. The average Bonchev–Trinajstić information content (AvgIpc) is 2.95. The van der Waals surface area contributed by atoms with Gasteiger partial charge in [-0.2, -0.15) is 0 Å². The fraction of sp³-hybridized carbons (Fsp3) is 0.333. The maximum atomic E-state index is 11.9.